The molecule has 21 heavy (non-hydrogen) atoms. The van der Waals surface area contributed by atoms with E-state index < -0.39 is 0 Å². The number of carbonyl (C=O) groups excluding carboxylic acids is 1. The molecule has 1 heterocycles. The van der Waals surface area contributed by atoms with Gasteiger partial charge < -0.3 is 15.5 Å². The Balaban J connectivity index is 2.05. The number of piperidine rings is 1. The molecule has 116 valence electrons. The Bertz CT molecular complexity index is 475. The van der Waals surface area contributed by atoms with Gasteiger partial charge in [-0.25, -0.2) is 4.79 Å². The Morgan fingerprint density at radius 1 is 1.48 bits per heavy atom. The lowest BCUT2D eigenvalue weighted by atomic mass is 10.0. The van der Waals surface area contributed by atoms with Crippen molar-refractivity contribution >= 4 is 11.7 Å². The molecule has 4 heteroatoms. The fourth-order valence-corrected chi connectivity index (χ4v) is 2.99. The highest BCUT2D eigenvalue weighted by atomic mass is 16.2. The second-order valence-electron chi connectivity index (χ2n) is 6.14. The summed E-state index contributed by atoms with van der Waals surface area (Å²) in [7, 11) is 0. The van der Waals surface area contributed by atoms with E-state index in [9.17, 15) is 4.79 Å². The minimum absolute atomic E-state index is 0.172. The number of carbonyl (C=O) groups is 1. The number of rotatable bonds is 4. The predicted octanol–water partition coefficient (Wildman–Crippen LogP) is 3.33. The average molecular weight is 289 g/mol. The van der Waals surface area contributed by atoms with Crippen LogP contribution in [0, 0.1) is 5.92 Å². The van der Waals surface area contributed by atoms with Crippen LogP contribution in [0.3, 0.4) is 0 Å². The molecule has 0 radical (unpaired) electrons. The van der Waals surface area contributed by atoms with Gasteiger partial charge >= 0.3 is 6.03 Å². The maximum atomic E-state index is 12.7. The van der Waals surface area contributed by atoms with Crippen molar-refractivity contribution in [3.63, 3.8) is 0 Å². The molecule has 1 fully saturated rings. The van der Waals surface area contributed by atoms with Crippen LogP contribution in [0.15, 0.2) is 24.3 Å². The number of nitrogens with zero attached hydrogens (tertiary/aromatic N) is 2. The van der Waals surface area contributed by atoms with Gasteiger partial charge in [-0.3, -0.25) is 0 Å². The van der Waals surface area contributed by atoms with Gasteiger partial charge in [-0.15, -0.1) is 0 Å². The number of nitrogen functional groups attached to an aromatic ring is 1. The molecular weight excluding hydrogens is 262 g/mol. The lowest BCUT2D eigenvalue weighted by molar-refractivity contribution is 0.129. The van der Waals surface area contributed by atoms with Gasteiger partial charge in [-0.1, -0.05) is 26.0 Å². The van der Waals surface area contributed by atoms with Crippen molar-refractivity contribution in [3.05, 3.63) is 29.8 Å². The van der Waals surface area contributed by atoms with E-state index in [1.807, 2.05) is 34.1 Å². The van der Waals surface area contributed by atoms with Crippen molar-refractivity contribution in [3.8, 4) is 0 Å². The zero-order valence-electron chi connectivity index (χ0n) is 13.2. The third-order valence-electron chi connectivity index (χ3n) is 4.02. The Morgan fingerprint density at radius 3 is 2.95 bits per heavy atom. The van der Waals surface area contributed by atoms with Gasteiger partial charge in [0.15, 0.2) is 0 Å². The van der Waals surface area contributed by atoms with Gasteiger partial charge in [0, 0.05) is 31.9 Å². The summed E-state index contributed by atoms with van der Waals surface area (Å²) < 4.78 is 0. The standard InChI is InChI=1S/C17H27N3O/c1-3-9-19(13-15-7-4-8-16(18)11-15)17(21)20-10-5-6-14(2)12-20/h4,7-8,11,14H,3,5-6,9-10,12-13,18H2,1-2H3. The van der Waals surface area contributed by atoms with Crippen molar-refractivity contribution < 1.29 is 4.79 Å². The zero-order valence-corrected chi connectivity index (χ0v) is 13.2. The highest BCUT2D eigenvalue weighted by Gasteiger charge is 2.25. The summed E-state index contributed by atoms with van der Waals surface area (Å²) in [6.07, 6.45) is 3.31. The number of hydrogen-bond acceptors (Lipinski definition) is 2. The normalized spacial score (nSPS) is 18.6. The Hall–Kier alpha value is -1.71. The minimum Gasteiger partial charge on any atom is -0.399 e. The third kappa shape index (κ3) is 4.38. The second-order valence-corrected chi connectivity index (χ2v) is 6.14. The first kappa shape index (κ1) is 15.7. The SMILES string of the molecule is CCCN(Cc1cccc(N)c1)C(=O)N1CCCC(C)C1. The van der Waals surface area contributed by atoms with Crippen molar-refractivity contribution in [2.24, 2.45) is 5.92 Å². The molecular formula is C17H27N3O. The number of hydrogen-bond donors (Lipinski definition) is 1. The molecule has 1 saturated heterocycles. The van der Waals surface area contributed by atoms with Gasteiger partial charge in [0.05, 0.1) is 0 Å². The van der Waals surface area contributed by atoms with Gasteiger partial charge in [0.1, 0.15) is 0 Å². The molecule has 1 aliphatic heterocycles. The summed E-state index contributed by atoms with van der Waals surface area (Å²) in [6.45, 7) is 7.54. The summed E-state index contributed by atoms with van der Waals surface area (Å²) in [6, 6.07) is 7.98. The van der Waals surface area contributed by atoms with Crippen LogP contribution in [0.4, 0.5) is 10.5 Å². The van der Waals surface area contributed by atoms with Crippen LogP contribution in [-0.2, 0) is 6.54 Å². The Morgan fingerprint density at radius 2 is 2.29 bits per heavy atom. The van der Waals surface area contributed by atoms with Gasteiger partial charge in [-0.05, 0) is 42.9 Å². The van der Waals surface area contributed by atoms with Crippen molar-refractivity contribution in [2.75, 3.05) is 25.4 Å². The van der Waals surface area contributed by atoms with Crippen LogP contribution >= 0.6 is 0 Å². The minimum atomic E-state index is 0.172. The van der Waals surface area contributed by atoms with E-state index in [1.54, 1.807) is 0 Å². The Kier molecular flexibility index (Phi) is 5.48. The summed E-state index contributed by atoms with van der Waals surface area (Å²) in [5.41, 5.74) is 7.68. The molecule has 0 aromatic heterocycles. The van der Waals surface area contributed by atoms with Crippen molar-refractivity contribution in [1.29, 1.82) is 0 Å². The monoisotopic (exact) mass is 289 g/mol. The van der Waals surface area contributed by atoms with Crippen molar-refractivity contribution in [2.45, 2.75) is 39.7 Å². The molecule has 2 N–H and O–H groups in total. The number of anilines is 1. The molecule has 0 saturated carbocycles. The molecule has 0 spiro atoms. The highest BCUT2D eigenvalue weighted by molar-refractivity contribution is 5.74. The van der Waals surface area contributed by atoms with E-state index in [0.29, 0.717) is 12.5 Å². The molecule has 2 rings (SSSR count). The molecule has 0 bridgehead atoms. The van der Waals surface area contributed by atoms with E-state index >= 15 is 0 Å². The maximum absolute atomic E-state index is 12.7. The molecule has 1 aliphatic rings. The first-order chi connectivity index (χ1) is 10.1. The molecule has 1 unspecified atom stereocenters. The maximum Gasteiger partial charge on any atom is 0.320 e. The van der Waals surface area contributed by atoms with Crippen LogP contribution in [-0.4, -0.2) is 35.5 Å². The quantitative estimate of drug-likeness (QED) is 0.864. The van der Waals surface area contributed by atoms with Crippen LogP contribution < -0.4 is 5.73 Å². The number of nitrogens with two attached hydrogens (primary N) is 1. The van der Waals surface area contributed by atoms with Gasteiger partial charge in [0.2, 0.25) is 0 Å². The van der Waals surface area contributed by atoms with E-state index in [1.165, 1.54) is 6.42 Å². The number of amides is 2. The molecule has 1 aromatic rings. The largest absolute Gasteiger partial charge is 0.399 e. The Labute approximate surface area is 127 Å². The molecule has 4 nitrogen and oxygen atoms in total. The lowest BCUT2D eigenvalue weighted by Gasteiger charge is -2.35. The topological polar surface area (TPSA) is 49.6 Å². The molecule has 0 aliphatic carbocycles. The smallest absolute Gasteiger partial charge is 0.320 e. The predicted molar refractivity (Wildman–Crippen MR) is 86.9 cm³/mol. The number of benzene rings is 1. The average Bonchev–Trinajstić information content (AvgIpc) is 2.46. The fraction of sp³-hybridized carbons (Fsp3) is 0.588. The van der Waals surface area contributed by atoms with E-state index in [4.69, 9.17) is 5.73 Å². The highest BCUT2D eigenvalue weighted by Crippen LogP contribution is 2.18. The summed E-state index contributed by atoms with van der Waals surface area (Å²) in [5, 5.41) is 0. The van der Waals surface area contributed by atoms with E-state index in [0.717, 1.165) is 43.7 Å². The second kappa shape index (κ2) is 7.34. The molecule has 1 atom stereocenters. The van der Waals surface area contributed by atoms with E-state index in [-0.39, 0.29) is 6.03 Å². The summed E-state index contributed by atoms with van der Waals surface area (Å²) in [4.78, 5) is 16.7. The third-order valence-corrected chi connectivity index (χ3v) is 4.02. The van der Waals surface area contributed by atoms with Crippen LogP contribution in [0.5, 0.6) is 0 Å². The van der Waals surface area contributed by atoms with Crippen LogP contribution in [0.2, 0.25) is 0 Å². The molecule has 2 amide bonds. The number of likely N-dealkylation sites (tertiary alicyclic amines) is 1. The summed E-state index contributed by atoms with van der Waals surface area (Å²) in [5.74, 6) is 0.610. The van der Waals surface area contributed by atoms with Gasteiger partial charge in [0.25, 0.3) is 0 Å². The molecule has 1 aromatic carbocycles. The lowest BCUT2D eigenvalue weighted by Crippen LogP contribution is -2.47. The number of urea groups is 1. The fourth-order valence-electron chi connectivity index (χ4n) is 2.99. The van der Waals surface area contributed by atoms with Crippen LogP contribution in [0.25, 0.3) is 0 Å². The van der Waals surface area contributed by atoms with Crippen molar-refractivity contribution in [1.82, 2.24) is 9.80 Å². The summed E-state index contributed by atoms with van der Waals surface area (Å²) >= 11 is 0. The van der Waals surface area contributed by atoms with E-state index in [2.05, 4.69) is 13.8 Å². The van der Waals surface area contributed by atoms with Gasteiger partial charge in [-0.2, -0.15) is 0 Å². The first-order valence-electron chi connectivity index (χ1n) is 7.98. The zero-order chi connectivity index (χ0) is 15.2. The van der Waals surface area contributed by atoms with Crippen LogP contribution in [0.1, 0.15) is 38.7 Å². The first-order valence-corrected chi connectivity index (χ1v) is 7.98.